The van der Waals surface area contributed by atoms with E-state index in [9.17, 15) is 4.79 Å². The van der Waals surface area contributed by atoms with Gasteiger partial charge in [-0.25, -0.2) is 0 Å². The Balaban J connectivity index is 1.94. The molecule has 1 aliphatic rings. The van der Waals surface area contributed by atoms with E-state index in [0.717, 1.165) is 30.6 Å². The first-order valence-corrected chi connectivity index (χ1v) is 7.32. The van der Waals surface area contributed by atoms with Crippen LogP contribution in [-0.4, -0.2) is 19.0 Å². The van der Waals surface area contributed by atoms with Crippen molar-refractivity contribution in [3.63, 3.8) is 0 Å². The molecule has 3 N–H and O–H groups in total. The summed E-state index contributed by atoms with van der Waals surface area (Å²) in [5, 5.41) is 3.09. The lowest BCUT2D eigenvalue weighted by Gasteiger charge is -2.18. The van der Waals surface area contributed by atoms with Gasteiger partial charge in [0, 0.05) is 12.1 Å². The van der Waals surface area contributed by atoms with Gasteiger partial charge in [0.25, 0.3) is 5.91 Å². The Morgan fingerprint density at radius 1 is 1.32 bits per heavy atom. The summed E-state index contributed by atoms with van der Waals surface area (Å²) in [6.45, 7) is 3.58. The topological polar surface area (TPSA) is 55.1 Å². The maximum absolute atomic E-state index is 12.2. The second-order valence-electron chi connectivity index (χ2n) is 5.41. The number of hydrogen-bond acceptors (Lipinski definition) is 2. The molecule has 3 heteroatoms. The Hall–Kier alpha value is -1.35. The van der Waals surface area contributed by atoms with Crippen LogP contribution in [0.1, 0.15) is 42.1 Å². The average Bonchev–Trinajstić information content (AvgIpc) is 2.92. The number of nitrogens with two attached hydrogens (primary N) is 1. The summed E-state index contributed by atoms with van der Waals surface area (Å²) in [5.74, 6) is 1.20. The standard InChI is InChI=1S/C16H24N2O/c1-2-12-6-3-4-9-15(12)16(19)18-11-14-8-5-7-13(14)10-17/h3-4,6,9,13-14H,2,5,7-8,10-11,17H2,1H3,(H,18,19). The predicted molar refractivity (Wildman–Crippen MR) is 78.0 cm³/mol. The molecule has 2 rings (SSSR count). The molecule has 1 aliphatic carbocycles. The number of carbonyl (C=O) groups is 1. The normalized spacial score (nSPS) is 22.4. The summed E-state index contributed by atoms with van der Waals surface area (Å²) >= 11 is 0. The molecule has 1 aromatic carbocycles. The van der Waals surface area contributed by atoms with Crippen LogP contribution in [0.25, 0.3) is 0 Å². The molecular weight excluding hydrogens is 236 g/mol. The molecule has 0 aromatic heterocycles. The van der Waals surface area contributed by atoms with Gasteiger partial charge in [0.05, 0.1) is 0 Å². The van der Waals surface area contributed by atoms with Crippen LogP contribution >= 0.6 is 0 Å². The molecule has 0 bridgehead atoms. The lowest BCUT2D eigenvalue weighted by atomic mass is 9.96. The minimum absolute atomic E-state index is 0.0557. The zero-order valence-electron chi connectivity index (χ0n) is 11.7. The molecule has 1 saturated carbocycles. The largest absolute Gasteiger partial charge is 0.352 e. The molecule has 1 aromatic rings. The molecule has 0 spiro atoms. The monoisotopic (exact) mass is 260 g/mol. The molecule has 1 amide bonds. The average molecular weight is 260 g/mol. The van der Waals surface area contributed by atoms with Crippen molar-refractivity contribution in [1.82, 2.24) is 5.32 Å². The molecule has 1 fully saturated rings. The highest BCUT2D eigenvalue weighted by atomic mass is 16.1. The number of hydrogen-bond donors (Lipinski definition) is 2. The van der Waals surface area contributed by atoms with E-state index in [4.69, 9.17) is 5.73 Å². The summed E-state index contributed by atoms with van der Waals surface area (Å²) in [6, 6.07) is 7.83. The van der Waals surface area contributed by atoms with E-state index in [-0.39, 0.29) is 5.91 Å². The predicted octanol–water partition coefficient (Wildman–Crippen LogP) is 2.35. The minimum atomic E-state index is 0.0557. The van der Waals surface area contributed by atoms with Crippen molar-refractivity contribution >= 4 is 5.91 Å². The highest BCUT2D eigenvalue weighted by molar-refractivity contribution is 5.95. The van der Waals surface area contributed by atoms with Crippen LogP contribution in [0, 0.1) is 11.8 Å². The van der Waals surface area contributed by atoms with Crippen molar-refractivity contribution in [2.45, 2.75) is 32.6 Å². The summed E-state index contributed by atoms with van der Waals surface area (Å²) < 4.78 is 0. The lowest BCUT2D eigenvalue weighted by Crippen LogP contribution is -2.33. The van der Waals surface area contributed by atoms with Crippen LogP contribution in [0.5, 0.6) is 0 Å². The second kappa shape index (κ2) is 6.71. The number of nitrogens with one attached hydrogen (secondary N) is 1. The van der Waals surface area contributed by atoms with Crippen molar-refractivity contribution < 1.29 is 4.79 Å². The van der Waals surface area contributed by atoms with Crippen LogP contribution in [-0.2, 0) is 6.42 Å². The Labute approximate surface area is 115 Å². The van der Waals surface area contributed by atoms with Gasteiger partial charge in [-0.15, -0.1) is 0 Å². The molecule has 2 unspecified atom stereocenters. The Kier molecular flexibility index (Phi) is 4.97. The van der Waals surface area contributed by atoms with E-state index in [1.54, 1.807) is 0 Å². The second-order valence-corrected chi connectivity index (χ2v) is 5.41. The van der Waals surface area contributed by atoms with Crippen molar-refractivity contribution in [1.29, 1.82) is 0 Å². The third-order valence-electron chi connectivity index (χ3n) is 4.29. The van der Waals surface area contributed by atoms with Gasteiger partial charge in [-0.1, -0.05) is 31.5 Å². The molecule has 0 radical (unpaired) electrons. The van der Waals surface area contributed by atoms with Crippen molar-refractivity contribution in [2.75, 3.05) is 13.1 Å². The first-order valence-electron chi connectivity index (χ1n) is 7.32. The van der Waals surface area contributed by atoms with Gasteiger partial charge in [0.15, 0.2) is 0 Å². The molecule has 2 atom stereocenters. The Morgan fingerprint density at radius 2 is 2.05 bits per heavy atom. The summed E-state index contributed by atoms with van der Waals surface area (Å²) in [6.07, 6.45) is 4.53. The van der Waals surface area contributed by atoms with Crippen LogP contribution < -0.4 is 11.1 Å². The van der Waals surface area contributed by atoms with Crippen molar-refractivity contribution in [2.24, 2.45) is 17.6 Å². The van der Waals surface area contributed by atoms with Gasteiger partial charge in [0.2, 0.25) is 0 Å². The Bertz CT molecular complexity index is 431. The fraction of sp³-hybridized carbons (Fsp3) is 0.562. The molecule has 3 nitrogen and oxygen atoms in total. The quantitative estimate of drug-likeness (QED) is 0.854. The number of amides is 1. The summed E-state index contributed by atoms with van der Waals surface area (Å²) in [5.41, 5.74) is 7.70. The molecule has 0 aliphatic heterocycles. The van der Waals surface area contributed by atoms with Crippen LogP contribution in [0.3, 0.4) is 0 Å². The highest BCUT2D eigenvalue weighted by Gasteiger charge is 2.26. The Morgan fingerprint density at radius 3 is 2.79 bits per heavy atom. The number of rotatable bonds is 5. The van der Waals surface area contributed by atoms with E-state index in [1.165, 1.54) is 19.3 Å². The molecule has 0 saturated heterocycles. The lowest BCUT2D eigenvalue weighted by molar-refractivity contribution is 0.0943. The van der Waals surface area contributed by atoms with Gasteiger partial charge in [0.1, 0.15) is 0 Å². The van der Waals surface area contributed by atoms with Crippen LogP contribution in [0.2, 0.25) is 0 Å². The molecule has 19 heavy (non-hydrogen) atoms. The SMILES string of the molecule is CCc1ccccc1C(=O)NCC1CCCC1CN. The number of aryl methyl sites for hydroxylation is 1. The third kappa shape index (κ3) is 3.35. The molecule has 104 valence electrons. The van der Waals surface area contributed by atoms with Gasteiger partial charge >= 0.3 is 0 Å². The minimum Gasteiger partial charge on any atom is -0.352 e. The summed E-state index contributed by atoms with van der Waals surface area (Å²) in [4.78, 5) is 12.2. The van der Waals surface area contributed by atoms with E-state index >= 15 is 0 Å². The maximum Gasteiger partial charge on any atom is 0.251 e. The van der Waals surface area contributed by atoms with E-state index in [0.29, 0.717) is 11.8 Å². The van der Waals surface area contributed by atoms with Crippen molar-refractivity contribution in [3.05, 3.63) is 35.4 Å². The zero-order valence-corrected chi connectivity index (χ0v) is 11.7. The van der Waals surface area contributed by atoms with Crippen LogP contribution in [0.15, 0.2) is 24.3 Å². The molecular formula is C16H24N2O. The van der Waals surface area contributed by atoms with Gasteiger partial charge in [-0.05, 0) is 49.3 Å². The maximum atomic E-state index is 12.2. The zero-order chi connectivity index (χ0) is 13.7. The van der Waals surface area contributed by atoms with Gasteiger partial charge in [-0.3, -0.25) is 4.79 Å². The van der Waals surface area contributed by atoms with Crippen LogP contribution in [0.4, 0.5) is 0 Å². The van der Waals surface area contributed by atoms with E-state index in [2.05, 4.69) is 12.2 Å². The molecule has 0 heterocycles. The number of carbonyl (C=O) groups excluding carboxylic acids is 1. The van der Waals surface area contributed by atoms with Gasteiger partial charge < -0.3 is 11.1 Å². The third-order valence-corrected chi connectivity index (χ3v) is 4.29. The van der Waals surface area contributed by atoms with Gasteiger partial charge in [-0.2, -0.15) is 0 Å². The fourth-order valence-corrected chi connectivity index (χ4v) is 3.06. The summed E-state index contributed by atoms with van der Waals surface area (Å²) in [7, 11) is 0. The smallest absolute Gasteiger partial charge is 0.251 e. The first-order chi connectivity index (χ1) is 9.26. The van der Waals surface area contributed by atoms with E-state index in [1.807, 2.05) is 24.3 Å². The first kappa shape index (κ1) is 14.1. The fourth-order valence-electron chi connectivity index (χ4n) is 3.06. The highest BCUT2D eigenvalue weighted by Crippen LogP contribution is 2.30. The van der Waals surface area contributed by atoms with E-state index < -0.39 is 0 Å². The van der Waals surface area contributed by atoms with Crippen molar-refractivity contribution in [3.8, 4) is 0 Å². The number of benzene rings is 1.